The molecule has 0 spiro atoms. The molecule has 1 atom stereocenters. The molecule has 1 aliphatic rings. The van der Waals surface area contributed by atoms with Gasteiger partial charge in [0.25, 0.3) is 0 Å². The maximum Gasteiger partial charge on any atom is 0.134 e. The van der Waals surface area contributed by atoms with Gasteiger partial charge in [0.05, 0.1) is 16.8 Å². The number of rotatable bonds is 4. The van der Waals surface area contributed by atoms with E-state index in [1.807, 2.05) is 6.07 Å². The van der Waals surface area contributed by atoms with Gasteiger partial charge in [0.15, 0.2) is 0 Å². The van der Waals surface area contributed by atoms with Gasteiger partial charge in [-0.15, -0.1) is 0 Å². The van der Waals surface area contributed by atoms with E-state index >= 15 is 0 Å². The van der Waals surface area contributed by atoms with Crippen molar-refractivity contribution in [1.82, 2.24) is 0 Å². The third-order valence-electron chi connectivity index (χ3n) is 4.04. The first-order valence-electron chi connectivity index (χ1n) is 6.70. The summed E-state index contributed by atoms with van der Waals surface area (Å²) >= 11 is 3.50. The van der Waals surface area contributed by atoms with Crippen molar-refractivity contribution in [1.29, 1.82) is 0 Å². The molecule has 1 aromatic rings. The second-order valence-corrected chi connectivity index (χ2v) is 6.08. The zero-order valence-electron chi connectivity index (χ0n) is 10.5. The molecular formula is C14H22BrNO. The van der Waals surface area contributed by atoms with Crippen LogP contribution in [0.3, 0.4) is 0 Å². The van der Waals surface area contributed by atoms with Gasteiger partial charge in [-0.3, -0.25) is 0 Å². The minimum atomic E-state index is 0.0574. The molecule has 2 N–H and O–H groups in total. The molecule has 3 heteroatoms. The maximum absolute atomic E-state index is 6.31. The molecule has 1 heterocycles. The summed E-state index contributed by atoms with van der Waals surface area (Å²) < 4.78 is 6.50. The van der Waals surface area contributed by atoms with Crippen molar-refractivity contribution in [2.24, 2.45) is 17.6 Å². The third-order valence-corrected chi connectivity index (χ3v) is 4.70. The van der Waals surface area contributed by atoms with Gasteiger partial charge < -0.3 is 10.2 Å². The fourth-order valence-corrected chi connectivity index (χ4v) is 3.47. The Kier molecular flexibility index (Phi) is 4.69. The Morgan fingerprint density at radius 3 is 2.65 bits per heavy atom. The molecule has 1 fully saturated rings. The van der Waals surface area contributed by atoms with E-state index in [0.29, 0.717) is 5.92 Å². The Bertz CT molecular complexity index is 342. The molecule has 0 bridgehead atoms. The molecule has 1 unspecified atom stereocenters. The number of nitrogens with two attached hydrogens (primary N) is 1. The van der Waals surface area contributed by atoms with E-state index in [1.54, 1.807) is 6.26 Å². The summed E-state index contributed by atoms with van der Waals surface area (Å²) in [5.41, 5.74) is 6.31. The van der Waals surface area contributed by atoms with Crippen LogP contribution in [0.15, 0.2) is 21.2 Å². The van der Waals surface area contributed by atoms with E-state index < -0.39 is 0 Å². The molecule has 0 saturated heterocycles. The third kappa shape index (κ3) is 3.14. The largest absolute Gasteiger partial charge is 0.466 e. The first kappa shape index (κ1) is 13.2. The van der Waals surface area contributed by atoms with Gasteiger partial charge in [0.2, 0.25) is 0 Å². The highest BCUT2D eigenvalue weighted by molar-refractivity contribution is 9.10. The molecule has 96 valence electrons. The fourth-order valence-electron chi connectivity index (χ4n) is 3.00. The van der Waals surface area contributed by atoms with Crippen LogP contribution >= 0.6 is 15.9 Å². The van der Waals surface area contributed by atoms with E-state index in [0.717, 1.165) is 16.2 Å². The van der Waals surface area contributed by atoms with Gasteiger partial charge in [-0.2, -0.15) is 0 Å². The van der Waals surface area contributed by atoms with Crippen LogP contribution in [0.2, 0.25) is 0 Å². The second kappa shape index (κ2) is 6.05. The SMILES string of the molecule is CCCC1CCC(C(N)c2occc2Br)CC1. The number of hydrogen-bond acceptors (Lipinski definition) is 2. The molecule has 0 aliphatic heterocycles. The summed E-state index contributed by atoms with van der Waals surface area (Å²) in [7, 11) is 0. The van der Waals surface area contributed by atoms with Crippen molar-refractivity contribution in [2.45, 2.75) is 51.5 Å². The lowest BCUT2D eigenvalue weighted by Gasteiger charge is -2.31. The first-order valence-corrected chi connectivity index (χ1v) is 7.50. The summed E-state index contributed by atoms with van der Waals surface area (Å²) in [5.74, 6) is 2.44. The standard InChI is InChI=1S/C14H22BrNO/c1-2-3-10-4-6-11(7-5-10)13(16)14-12(15)8-9-17-14/h8-11,13H,2-7,16H2,1H3. The first-order chi connectivity index (χ1) is 8.22. The zero-order chi connectivity index (χ0) is 12.3. The van der Waals surface area contributed by atoms with Gasteiger partial charge in [0, 0.05) is 0 Å². The summed E-state index contributed by atoms with van der Waals surface area (Å²) in [5, 5.41) is 0. The molecule has 0 aromatic carbocycles. The molecule has 1 saturated carbocycles. The Labute approximate surface area is 112 Å². The molecule has 1 aromatic heterocycles. The Balaban J connectivity index is 1.90. The van der Waals surface area contributed by atoms with E-state index in [1.165, 1.54) is 38.5 Å². The van der Waals surface area contributed by atoms with E-state index in [4.69, 9.17) is 10.2 Å². The Morgan fingerprint density at radius 2 is 2.12 bits per heavy atom. The highest BCUT2D eigenvalue weighted by Crippen LogP contribution is 2.39. The monoisotopic (exact) mass is 299 g/mol. The van der Waals surface area contributed by atoms with Gasteiger partial charge in [-0.25, -0.2) is 0 Å². The lowest BCUT2D eigenvalue weighted by atomic mass is 9.77. The van der Waals surface area contributed by atoms with E-state index in [9.17, 15) is 0 Å². The maximum atomic E-state index is 6.31. The smallest absolute Gasteiger partial charge is 0.134 e. The van der Waals surface area contributed by atoms with Crippen LogP contribution in [-0.2, 0) is 0 Å². The summed E-state index contributed by atoms with van der Waals surface area (Å²) in [4.78, 5) is 0. The van der Waals surface area contributed by atoms with Crippen LogP contribution < -0.4 is 5.73 Å². The van der Waals surface area contributed by atoms with Gasteiger partial charge >= 0.3 is 0 Å². The van der Waals surface area contributed by atoms with Crippen LogP contribution in [0, 0.1) is 11.8 Å². The van der Waals surface area contributed by atoms with Crippen molar-refractivity contribution in [3.05, 3.63) is 22.6 Å². The summed E-state index contributed by atoms with van der Waals surface area (Å²) in [6.45, 7) is 2.28. The highest BCUT2D eigenvalue weighted by Gasteiger charge is 2.28. The molecule has 0 radical (unpaired) electrons. The molecule has 0 amide bonds. The van der Waals surface area contributed by atoms with Gasteiger partial charge in [0.1, 0.15) is 5.76 Å². The van der Waals surface area contributed by atoms with Crippen LogP contribution in [0.4, 0.5) is 0 Å². The van der Waals surface area contributed by atoms with Crippen LogP contribution in [0.25, 0.3) is 0 Å². The Morgan fingerprint density at radius 1 is 1.41 bits per heavy atom. The number of furan rings is 1. The minimum absolute atomic E-state index is 0.0574. The fraction of sp³-hybridized carbons (Fsp3) is 0.714. The van der Waals surface area contributed by atoms with Crippen LogP contribution in [-0.4, -0.2) is 0 Å². The second-order valence-electron chi connectivity index (χ2n) is 5.23. The normalized spacial score (nSPS) is 27.0. The van der Waals surface area contributed by atoms with Crippen molar-refractivity contribution in [3.63, 3.8) is 0 Å². The van der Waals surface area contributed by atoms with Gasteiger partial charge in [-0.05, 0) is 46.7 Å². The summed E-state index contributed by atoms with van der Waals surface area (Å²) in [6.07, 6.45) is 9.58. The van der Waals surface area contributed by atoms with Crippen molar-refractivity contribution < 1.29 is 4.42 Å². The molecule has 2 nitrogen and oxygen atoms in total. The van der Waals surface area contributed by atoms with Crippen LogP contribution in [0.5, 0.6) is 0 Å². The minimum Gasteiger partial charge on any atom is -0.466 e. The zero-order valence-corrected chi connectivity index (χ0v) is 12.1. The number of halogens is 1. The van der Waals surface area contributed by atoms with Crippen molar-refractivity contribution >= 4 is 15.9 Å². The average Bonchev–Trinajstić information content (AvgIpc) is 2.76. The highest BCUT2D eigenvalue weighted by atomic mass is 79.9. The topological polar surface area (TPSA) is 39.2 Å². The van der Waals surface area contributed by atoms with Crippen LogP contribution in [0.1, 0.15) is 57.3 Å². The average molecular weight is 300 g/mol. The van der Waals surface area contributed by atoms with Crippen molar-refractivity contribution in [3.8, 4) is 0 Å². The molecular weight excluding hydrogens is 278 g/mol. The Hall–Kier alpha value is -0.280. The lowest BCUT2D eigenvalue weighted by molar-refractivity contribution is 0.221. The predicted molar refractivity (Wildman–Crippen MR) is 73.7 cm³/mol. The van der Waals surface area contributed by atoms with E-state index in [-0.39, 0.29) is 6.04 Å². The van der Waals surface area contributed by atoms with Crippen molar-refractivity contribution in [2.75, 3.05) is 0 Å². The molecule has 1 aliphatic carbocycles. The van der Waals surface area contributed by atoms with Gasteiger partial charge in [-0.1, -0.05) is 32.6 Å². The lowest BCUT2D eigenvalue weighted by Crippen LogP contribution is -2.26. The number of hydrogen-bond donors (Lipinski definition) is 1. The molecule has 17 heavy (non-hydrogen) atoms. The quantitative estimate of drug-likeness (QED) is 0.879. The predicted octanol–water partition coefficient (Wildman–Crippen LogP) is 4.65. The van der Waals surface area contributed by atoms with E-state index in [2.05, 4.69) is 22.9 Å². The summed E-state index contributed by atoms with van der Waals surface area (Å²) in [6, 6.07) is 1.99. The molecule has 2 rings (SSSR count).